The van der Waals surface area contributed by atoms with Gasteiger partial charge < -0.3 is 15.4 Å². The molecule has 1 aliphatic heterocycles. The largest absolute Gasteiger partial charge is 0.467 e. The molecule has 1 saturated heterocycles. The van der Waals surface area contributed by atoms with Crippen LogP contribution in [-0.4, -0.2) is 58.7 Å². The zero-order valence-corrected chi connectivity index (χ0v) is 14.0. The smallest absolute Gasteiger partial charge is 0.318 e. The van der Waals surface area contributed by atoms with E-state index in [1.54, 1.807) is 6.20 Å². The maximum Gasteiger partial charge on any atom is 0.318 e. The lowest BCUT2D eigenvalue weighted by Crippen LogP contribution is -2.59. The highest BCUT2D eigenvalue weighted by Crippen LogP contribution is 2.26. The predicted octanol–water partition coefficient (Wildman–Crippen LogP) is 1.33. The Hall–Kier alpha value is -1.18. The van der Waals surface area contributed by atoms with Crippen LogP contribution in [0.2, 0.25) is 5.02 Å². The molecular formula is C13H20ClN5OS. The van der Waals surface area contributed by atoms with Crippen LogP contribution in [0.4, 0.5) is 5.82 Å². The molecule has 0 amide bonds. The van der Waals surface area contributed by atoms with Gasteiger partial charge in [-0.2, -0.15) is 4.98 Å². The highest BCUT2D eigenvalue weighted by atomic mass is 35.5. The first-order valence-electron chi connectivity index (χ1n) is 6.72. The van der Waals surface area contributed by atoms with Crippen molar-refractivity contribution in [1.82, 2.24) is 14.9 Å². The molecule has 8 heteroatoms. The number of aromatic nitrogens is 2. The van der Waals surface area contributed by atoms with E-state index in [1.165, 1.54) is 7.11 Å². The molecule has 0 spiro atoms. The Morgan fingerprint density at radius 3 is 2.52 bits per heavy atom. The fourth-order valence-electron chi connectivity index (χ4n) is 2.30. The maximum absolute atomic E-state index is 6.19. The minimum Gasteiger partial charge on any atom is -0.467 e. The highest BCUT2D eigenvalue weighted by molar-refractivity contribution is 7.80. The summed E-state index contributed by atoms with van der Waals surface area (Å²) in [5.74, 6) is 0.705. The minimum absolute atomic E-state index is 0.283. The molecule has 6 nitrogen and oxygen atoms in total. The molecule has 0 aliphatic carbocycles. The van der Waals surface area contributed by atoms with Crippen LogP contribution in [0.3, 0.4) is 0 Å². The number of anilines is 1. The van der Waals surface area contributed by atoms with Gasteiger partial charge >= 0.3 is 6.01 Å². The second kappa shape index (κ2) is 6.29. The summed E-state index contributed by atoms with van der Waals surface area (Å²) < 4.78 is 5.06. The summed E-state index contributed by atoms with van der Waals surface area (Å²) in [6, 6.07) is 0.320. The van der Waals surface area contributed by atoms with Gasteiger partial charge in [-0.05, 0) is 13.8 Å². The molecule has 1 fully saturated rings. The van der Waals surface area contributed by atoms with Gasteiger partial charge in [0.25, 0.3) is 0 Å². The molecule has 1 aromatic rings. The van der Waals surface area contributed by atoms with E-state index in [9.17, 15) is 0 Å². The van der Waals surface area contributed by atoms with Crippen LogP contribution < -0.4 is 15.4 Å². The fraction of sp³-hybridized carbons (Fsp3) is 0.615. The molecule has 1 aliphatic rings. The molecule has 0 saturated carbocycles. The standard InChI is InChI=1S/C13H20ClN5OS/c1-13(2,11(15)21)19-6-4-18(5-7-19)10-9(14)8-16-12(17-10)20-3/h8H,4-7H2,1-3H3,(H2,15,21). The number of nitrogens with zero attached hydrogens (tertiary/aromatic N) is 4. The number of ether oxygens (including phenoxy) is 1. The number of nitrogens with two attached hydrogens (primary N) is 1. The van der Waals surface area contributed by atoms with E-state index in [0.717, 1.165) is 26.2 Å². The molecule has 0 atom stereocenters. The molecular weight excluding hydrogens is 310 g/mol. The number of rotatable bonds is 4. The molecule has 0 unspecified atom stereocenters. The van der Waals surface area contributed by atoms with Crippen molar-refractivity contribution in [3.05, 3.63) is 11.2 Å². The van der Waals surface area contributed by atoms with Crippen LogP contribution >= 0.6 is 23.8 Å². The maximum atomic E-state index is 6.19. The Balaban J connectivity index is 2.09. The lowest BCUT2D eigenvalue weighted by molar-refractivity contribution is 0.168. The Kier molecular flexibility index (Phi) is 4.85. The van der Waals surface area contributed by atoms with Gasteiger partial charge in [0.05, 0.1) is 23.8 Å². The van der Waals surface area contributed by atoms with Crippen molar-refractivity contribution in [2.24, 2.45) is 5.73 Å². The van der Waals surface area contributed by atoms with Crippen molar-refractivity contribution in [2.45, 2.75) is 19.4 Å². The van der Waals surface area contributed by atoms with Crippen LogP contribution in [0.15, 0.2) is 6.20 Å². The third-order valence-electron chi connectivity index (χ3n) is 3.86. The van der Waals surface area contributed by atoms with E-state index < -0.39 is 0 Å². The van der Waals surface area contributed by atoms with E-state index in [0.29, 0.717) is 21.8 Å². The second-order valence-corrected chi connectivity index (χ2v) is 6.27. The molecule has 0 aromatic carbocycles. The third kappa shape index (κ3) is 3.36. The van der Waals surface area contributed by atoms with Crippen LogP contribution in [0, 0.1) is 0 Å². The van der Waals surface area contributed by atoms with Crippen LogP contribution in [0.5, 0.6) is 6.01 Å². The number of methoxy groups -OCH3 is 1. The number of hydrogen-bond acceptors (Lipinski definition) is 6. The van der Waals surface area contributed by atoms with Gasteiger partial charge in [-0.3, -0.25) is 4.90 Å². The lowest BCUT2D eigenvalue weighted by Gasteiger charge is -2.43. The van der Waals surface area contributed by atoms with Gasteiger partial charge in [-0.15, -0.1) is 0 Å². The topological polar surface area (TPSA) is 67.5 Å². The molecule has 2 heterocycles. The van der Waals surface area contributed by atoms with Crippen molar-refractivity contribution in [1.29, 1.82) is 0 Å². The molecule has 1 aromatic heterocycles. The van der Waals surface area contributed by atoms with Crippen LogP contribution in [0.1, 0.15) is 13.8 Å². The monoisotopic (exact) mass is 329 g/mol. The molecule has 0 radical (unpaired) electrons. The zero-order valence-electron chi connectivity index (χ0n) is 12.5. The average molecular weight is 330 g/mol. The normalized spacial score (nSPS) is 16.9. The molecule has 116 valence electrons. The summed E-state index contributed by atoms with van der Waals surface area (Å²) in [6.07, 6.45) is 1.56. The molecule has 2 rings (SSSR count). The van der Waals surface area contributed by atoms with Gasteiger partial charge in [0, 0.05) is 26.2 Å². The molecule has 21 heavy (non-hydrogen) atoms. The second-order valence-electron chi connectivity index (χ2n) is 5.43. The number of thiocarbonyl (C=S) groups is 1. The Bertz CT molecular complexity index is 531. The SMILES string of the molecule is COc1ncc(Cl)c(N2CCN(C(C)(C)C(N)=S)CC2)n1. The Labute approximate surface area is 135 Å². The third-order valence-corrected chi connectivity index (χ3v) is 4.62. The van der Waals surface area contributed by atoms with Gasteiger partial charge in [0.15, 0.2) is 5.82 Å². The molecule has 2 N–H and O–H groups in total. The van der Waals surface area contributed by atoms with Crippen LogP contribution in [0.25, 0.3) is 0 Å². The fourth-order valence-corrected chi connectivity index (χ4v) is 2.64. The Morgan fingerprint density at radius 2 is 2.00 bits per heavy atom. The van der Waals surface area contributed by atoms with E-state index in [-0.39, 0.29) is 5.54 Å². The van der Waals surface area contributed by atoms with Crippen molar-refractivity contribution in [3.8, 4) is 6.01 Å². The molecule has 0 bridgehead atoms. The highest BCUT2D eigenvalue weighted by Gasteiger charge is 2.33. The van der Waals surface area contributed by atoms with Gasteiger partial charge in [0.2, 0.25) is 0 Å². The van der Waals surface area contributed by atoms with Gasteiger partial charge in [-0.1, -0.05) is 23.8 Å². The van der Waals surface area contributed by atoms with E-state index in [4.69, 9.17) is 34.3 Å². The van der Waals surface area contributed by atoms with Crippen molar-refractivity contribution in [3.63, 3.8) is 0 Å². The van der Waals surface area contributed by atoms with Crippen molar-refractivity contribution in [2.75, 3.05) is 38.2 Å². The first-order valence-corrected chi connectivity index (χ1v) is 7.51. The minimum atomic E-state index is -0.283. The van der Waals surface area contributed by atoms with Crippen LogP contribution in [-0.2, 0) is 0 Å². The zero-order chi connectivity index (χ0) is 15.6. The first kappa shape index (κ1) is 16.2. The number of hydrogen-bond donors (Lipinski definition) is 1. The summed E-state index contributed by atoms with van der Waals surface area (Å²) >= 11 is 11.3. The summed E-state index contributed by atoms with van der Waals surface area (Å²) in [7, 11) is 1.54. The summed E-state index contributed by atoms with van der Waals surface area (Å²) in [5.41, 5.74) is 5.54. The Morgan fingerprint density at radius 1 is 1.38 bits per heavy atom. The van der Waals surface area contributed by atoms with E-state index in [1.807, 2.05) is 13.8 Å². The summed E-state index contributed by atoms with van der Waals surface area (Å²) in [5, 5.41) is 0.526. The summed E-state index contributed by atoms with van der Waals surface area (Å²) in [4.78, 5) is 13.2. The van der Waals surface area contributed by atoms with E-state index in [2.05, 4.69) is 19.8 Å². The van der Waals surface area contributed by atoms with Gasteiger partial charge in [-0.25, -0.2) is 4.98 Å². The van der Waals surface area contributed by atoms with Gasteiger partial charge in [0.1, 0.15) is 5.02 Å². The number of halogens is 1. The first-order chi connectivity index (χ1) is 9.86. The number of piperazine rings is 1. The average Bonchev–Trinajstić information content (AvgIpc) is 2.48. The van der Waals surface area contributed by atoms with Crippen molar-refractivity contribution >= 4 is 34.6 Å². The quantitative estimate of drug-likeness (QED) is 0.836. The van der Waals surface area contributed by atoms with E-state index >= 15 is 0 Å². The predicted molar refractivity (Wildman–Crippen MR) is 88.2 cm³/mol. The van der Waals surface area contributed by atoms with Crippen molar-refractivity contribution < 1.29 is 4.74 Å². The lowest BCUT2D eigenvalue weighted by atomic mass is 10.0. The summed E-state index contributed by atoms with van der Waals surface area (Å²) in [6.45, 7) is 7.37.